The lowest BCUT2D eigenvalue weighted by molar-refractivity contribution is -0.162. The summed E-state index contributed by atoms with van der Waals surface area (Å²) in [4.78, 5) is 28.4. The van der Waals surface area contributed by atoms with Gasteiger partial charge in [-0.05, 0) is 61.6 Å². The van der Waals surface area contributed by atoms with Crippen molar-refractivity contribution < 1.29 is 14.3 Å². The average molecular weight is 474 g/mol. The first-order valence-electron chi connectivity index (χ1n) is 11.0. The largest absolute Gasteiger partial charge is 0.464 e. The zero-order valence-electron chi connectivity index (χ0n) is 18.5. The van der Waals surface area contributed by atoms with E-state index in [0.717, 1.165) is 11.1 Å². The van der Waals surface area contributed by atoms with Crippen LogP contribution in [0.3, 0.4) is 0 Å². The topological polar surface area (TPSA) is 46.6 Å². The molecule has 1 amide bonds. The minimum Gasteiger partial charge on any atom is -0.464 e. The standard InChI is InChI=1S/C26H29Cl2NO3/c1-4-8-19-16-22(18-9-7-10-21(28)15-18)24(17-11-13-20(27)14-12-17)29(25(19)30)23(5-2)26(31)32-6-3/h4,7,9-15,19,22-24H,1,5-6,8,16H2,2-3H3/t19-,22?,23-,24?/m0/s1. The molecule has 1 saturated heterocycles. The molecule has 0 bridgehead atoms. The predicted molar refractivity (Wildman–Crippen MR) is 129 cm³/mol. The second-order valence-corrected chi connectivity index (χ2v) is 8.91. The number of likely N-dealkylation sites (tertiary alicyclic amines) is 1. The van der Waals surface area contributed by atoms with Crippen LogP contribution in [0.2, 0.25) is 10.0 Å². The van der Waals surface area contributed by atoms with Gasteiger partial charge in [-0.15, -0.1) is 6.58 Å². The molecule has 0 aliphatic carbocycles. The van der Waals surface area contributed by atoms with E-state index in [0.29, 0.717) is 29.3 Å². The summed E-state index contributed by atoms with van der Waals surface area (Å²) >= 11 is 12.5. The summed E-state index contributed by atoms with van der Waals surface area (Å²) in [5.74, 6) is -0.765. The number of ether oxygens (including phenoxy) is 1. The van der Waals surface area contributed by atoms with Gasteiger partial charge in [-0.25, -0.2) is 4.79 Å². The quantitative estimate of drug-likeness (QED) is 0.321. The molecule has 1 aliphatic heterocycles. The van der Waals surface area contributed by atoms with Gasteiger partial charge in [0.25, 0.3) is 0 Å². The van der Waals surface area contributed by atoms with Gasteiger partial charge < -0.3 is 9.64 Å². The second-order valence-electron chi connectivity index (χ2n) is 8.04. The Bertz CT molecular complexity index is 960. The van der Waals surface area contributed by atoms with E-state index in [1.807, 2.05) is 55.5 Å². The number of carbonyl (C=O) groups excluding carboxylic acids is 2. The number of nitrogens with zero attached hydrogens (tertiary/aromatic N) is 1. The van der Waals surface area contributed by atoms with E-state index in [1.54, 1.807) is 17.9 Å². The van der Waals surface area contributed by atoms with Crippen molar-refractivity contribution in [1.82, 2.24) is 4.90 Å². The lowest BCUT2D eigenvalue weighted by Crippen LogP contribution is -2.54. The van der Waals surface area contributed by atoms with Crippen molar-refractivity contribution in [2.45, 2.75) is 51.1 Å². The van der Waals surface area contributed by atoms with Gasteiger partial charge in [-0.2, -0.15) is 0 Å². The fraction of sp³-hybridized carbons (Fsp3) is 0.385. The SMILES string of the molecule is C=CC[C@H]1CC(c2cccc(Cl)c2)C(c2ccc(Cl)cc2)N([C@@H](CC)C(=O)OCC)C1=O. The number of carbonyl (C=O) groups is 2. The number of halogens is 2. The van der Waals surface area contributed by atoms with Crippen LogP contribution >= 0.6 is 23.2 Å². The van der Waals surface area contributed by atoms with E-state index < -0.39 is 6.04 Å². The summed E-state index contributed by atoms with van der Waals surface area (Å²) < 4.78 is 5.36. The number of amides is 1. The number of esters is 1. The smallest absolute Gasteiger partial charge is 0.328 e. The molecule has 0 aromatic heterocycles. The van der Waals surface area contributed by atoms with E-state index in [4.69, 9.17) is 27.9 Å². The first-order chi connectivity index (χ1) is 15.4. The molecule has 2 aromatic carbocycles. The molecule has 170 valence electrons. The molecule has 1 aliphatic rings. The van der Waals surface area contributed by atoms with Gasteiger partial charge in [0.2, 0.25) is 5.91 Å². The molecule has 1 heterocycles. The maximum Gasteiger partial charge on any atom is 0.328 e. The van der Waals surface area contributed by atoms with Crippen LogP contribution in [-0.4, -0.2) is 29.4 Å². The zero-order valence-corrected chi connectivity index (χ0v) is 20.0. The highest BCUT2D eigenvalue weighted by Crippen LogP contribution is 2.47. The Morgan fingerprint density at radius 2 is 1.88 bits per heavy atom. The highest BCUT2D eigenvalue weighted by atomic mass is 35.5. The van der Waals surface area contributed by atoms with E-state index >= 15 is 0 Å². The summed E-state index contributed by atoms with van der Waals surface area (Å²) in [5.41, 5.74) is 1.95. The number of hydrogen-bond donors (Lipinski definition) is 0. The highest BCUT2D eigenvalue weighted by Gasteiger charge is 2.47. The number of benzene rings is 2. The van der Waals surface area contributed by atoms with Crippen LogP contribution in [0.15, 0.2) is 61.2 Å². The lowest BCUT2D eigenvalue weighted by Gasteiger charge is -2.47. The molecular formula is C26H29Cl2NO3. The minimum atomic E-state index is -0.683. The second kappa shape index (κ2) is 11.0. The third kappa shape index (κ3) is 5.19. The molecule has 4 nitrogen and oxygen atoms in total. The molecule has 6 heteroatoms. The predicted octanol–water partition coefficient (Wildman–Crippen LogP) is 6.58. The van der Waals surface area contributed by atoms with Crippen molar-refractivity contribution in [3.05, 3.63) is 82.4 Å². The summed E-state index contributed by atoms with van der Waals surface area (Å²) in [7, 11) is 0. The Balaban J connectivity index is 2.19. The lowest BCUT2D eigenvalue weighted by atomic mass is 9.74. The summed E-state index contributed by atoms with van der Waals surface area (Å²) in [6, 6.07) is 14.2. The van der Waals surface area contributed by atoms with Crippen LogP contribution in [0.25, 0.3) is 0 Å². The van der Waals surface area contributed by atoms with Gasteiger partial charge in [0.1, 0.15) is 6.04 Å². The average Bonchev–Trinajstić information content (AvgIpc) is 2.77. The Hall–Kier alpha value is -2.30. The third-order valence-electron chi connectivity index (χ3n) is 6.04. The van der Waals surface area contributed by atoms with Gasteiger partial charge in [-0.1, -0.05) is 60.5 Å². The first-order valence-corrected chi connectivity index (χ1v) is 11.8. The third-order valence-corrected chi connectivity index (χ3v) is 6.53. The van der Waals surface area contributed by atoms with E-state index in [2.05, 4.69) is 6.58 Å². The summed E-state index contributed by atoms with van der Waals surface area (Å²) in [6.45, 7) is 7.78. The Labute approximate surface area is 200 Å². The molecule has 4 atom stereocenters. The Morgan fingerprint density at radius 1 is 1.16 bits per heavy atom. The molecule has 1 fully saturated rings. The molecule has 32 heavy (non-hydrogen) atoms. The molecule has 0 N–H and O–H groups in total. The molecule has 2 unspecified atom stereocenters. The van der Waals surface area contributed by atoms with Crippen LogP contribution in [-0.2, 0) is 14.3 Å². The van der Waals surface area contributed by atoms with Gasteiger partial charge in [0.15, 0.2) is 0 Å². The van der Waals surface area contributed by atoms with Crippen molar-refractivity contribution >= 4 is 35.1 Å². The van der Waals surface area contributed by atoms with Crippen molar-refractivity contribution in [3.8, 4) is 0 Å². The van der Waals surface area contributed by atoms with Crippen LogP contribution in [0, 0.1) is 5.92 Å². The minimum absolute atomic E-state index is 0.0527. The van der Waals surface area contributed by atoms with Gasteiger partial charge in [0.05, 0.1) is 12.6 Å². The van der Waals surface area contributed by atoms with Gasteiger partial charge >= 0.3 is 5.97 Å². The van der Waals surface area contributed by atoms with Crippen LogP contribution in [0.5, 0.6) is 0 Å². The van der Waals surface area contributed by atoms with Gasteiger partial charge in [0, 0.05) is 21.9 Å². The molecular weight excluding hydrogens is 445 g/mol. The number of hydrogen-bond acceptors (Lipinski definition) is 3. The van der Waals surface area contributed by atoms with E-state index in [1.165, 1.54) is 0 Å². The molecule has 3 rings (SSSR count). The molecule has 0 spiro atoms. The van der Waals surface area contributed by atoms with Crippen molar-refractivity contribution in [3.63, 3.8) is 0 Å². The molecule has 0 saturated carbocycles. The van der Waals surface area contributed by atoms with E-state index in [9.17, 15) is 9.59 Å². The maximum absolute atomic E-state index is 13.7. The Kier molecular flexibility index (Phi) is 8.38. The van der Waals surface area contributed by atoms with Crippen LogP contribution in [0.4, 0.5) is 0 Å². The van der Waals surface area contributed by atoms with Gasteiger partial charge in [-0.3, -0.25) is 4.79 Å². The van der Waals surface area contributed by atoms with Crippen molar-refractivity contribution in [1.29, 1.82) is 0 Å². The highest BCUT2D eigenvalue weighted by molar-refractivity contribution is 6.30. The Morgan fingerprint density at radius 3 is 2.47 bits per heavy atom. The van der Waals surface area contributed by atoms with Crippen molar-refractivity contribution in [2.24, 2.45) is 5.92 Å². The summed E-state index contributed by atoms with van der Waals surface area (Å²) in [6.07, 6.45) is 3.40. The summed E-state index contributed by atoms with van der Waals surface area (Å²) in [5, 5.41) is 1.25. The number of allylic oxidation sites excluding steroid dienone is 1. The number of rotatable bonds is 8. The molecule has 2 aromatic rings. The fourth-order valence-electron chi connectivity index (χ4n) is 4.65. The first kappa shape index (κ1) is 24.3. The van der Waals surface area contributed by atoms with E-state index in [-0.39, 0.29) is 36.4 Å². The number of piperidine rings is 1. The fourth-order valence-corrected chi connectivity index (χ4v) is 4.97. The maximum atomic E-state index is 13.7. The normalized spacial score (nSPS) is 21.8. The molecule has 0 radical (unpaired) electrons. The van der Waals surface area contributed by atoms with Crippen molar-refractivity contribution in [2.75, 3.05) is 6.61 Å². The monoisotopic (exact) mass is 473 g/mol. The van der Waals surface area contributed by atoms with Crippen LogP contribution < -0.4 is 0 Å². The zero-order chi connectivity index (χ0) is 23.3. The van der Waals surface area contributed by atoms with Crippen LogP contribution in [0.1, 0.15) is 56.2 Å².